The molecule has 0 spiro atoms. The smallest absolute Gasteiger partial charge is 0.387 e. The molecule has 1 aromatic rings. The molecule has 130 valence electrons. The van der Waals surface area contributed by atoms with Crippen molar-refractivity contribution in [3.05, 3.63) is 24.3 Å². The molecule has 0 heterocycles. The Bertz CT molecular complexity index is 649. The van der Waals surface area contributed by atoms with Gasteiger partial charge < -0.3 is 15.2 Å². The molecule has 4 bridgehead atoms. The van der Waals surface area contributed by atoms with Gasteiger partial charge in [-0.15, -0.1) is 0 Å². The Hall–Kier alpha value is -1.69. The van der Waals surface area contributed by atoms with Gasteiger partial charge in [0.15, 0.2) is 0 Å². The molecule has 4 fully saturated rings. The van der Waals surface area contributed by atoms with Crippen molar-refractivity contribution >= 4 is 11.6 Å². The number of amides is 1. The topological polar surface area (TPSA) is 58.6 Å². The van der Waals surface area contributed by atoms with E-state index in [1.165, 1.54) is 6.07 Å². The van der Waals surface area contributed by atoms with Crippen LogP contribution in [0.1, 0.15) is 38.5 Å². The number of aliphatic hydroxyl groups is 1. The minimum Gasteiger partial charge on any atom is -0.433 e. The third kappa shape index (κ3) is 2.66. The van der Waals surface area contributed by atoms with Gasteiger partial charge in [-0.25, -0.2) is 0 Å². The molecule has 0 saturated heterocycles. The summed E-state index contributed by atoms with van der Waals surface area (Å²) in [5.74, 6) is 0.550. The fraction of sp³-hybridized carbons (Fsp3) is 0.611. The molecule has 1 aromatic carbocycles. The van der Waals surface area contributed by atoms with Crippen molar-refractivity contribution in [1.82, 2.24) is 0 Å². The van der Waals surface area contributed by atoms with Crippen molar-refractivity contribution in [2.75, 3.05) is 5.32 Å². The molecular formula is C18H21F2NO3. The lowest BCUT2D eigenvalue weighted by molar-refractivity contribution is -0.174. The molecule has 4 aliphatic rings. The van der Waals surface area contributed by atoms with Gasteiger partial charge in [0.25, 0.3) is 0 Å². The lowest BCUT2D eigenvalue weighted by Crippen LogP contribution is -2.59. The number of anilines is 1. The minimum absolute atomic E-state index is 0.0377. The predicted molar refractivity (Wildman–Crippen MR) is 83.8 cm³/mol. The molecule has 2 unspecified atom stereocenters. The summed E-state index contributed by atoms with van der Waals surface area (Å²) in [6.45, 7) is -2.94. The Morgan fingerprint density at radius 2 is 1.88 bits per heavy atom. The monoisotopic (exact) mass is 337 g/mol. The lowest BCUT2D eigenvalue weighted by atomic mass is 9.47. The number of rotatable bonds is 4. The summed E-state index contributed by atoms with van der Waals surface area (Å²) in [7, 11) is 0. The first-order valence-electron chi connectivity index (χ1n) is 8.45. The Morgan fingerprint density at radius 3 is 2.50 bits per heavy atom. The first kappa shape index (κ1) is 15.8. The first-order chi connectivity index (χ1) is 11.4. The van der Waals surface area contributed by atoms with E-state index in [1.54, 1.807) is 18.2 Å². The number of hydrogen-bond acceptors (Lipinski definition) is 3. The van der Waals surface area contributed by atoms with E-state index < -0.39 is 17.6 Å². The number of nitrogens with one attached hydrogen (secondary N) is 1. The average molecular weight is 337 g/mol. The molecule has 1 amide bonds. The van der Waals surface area contributed by atoms with Gasteiger partial charge in [-0.05, 0) is 62.5 Å². The van der Waals surface area contributed by atoms with E-state index in [0.29, 0.717) is 18.3 Å². The van der Waals surface area contributed by atoms with Crippen LogP contribution in [0.15, 0.2) is 24.3 Å². The molecule has 0 aliphatic heterocycles. The molecule has 2 N–H and O–H groups in total. The molecule has 0 radical (unpaired) electrons. The van der Waals surface area contributed by atoms with Crippen molar-refractivity contribution in [3.63, 3.8) is 0 Å². The van der Waals surface area contributed by atoms with Gasteiger partial charge in [0, 0.05) is 0 Å². The molecule has 24 heavy (non-hydrogen) atoms. The van der Waals surface area contributed by atoms with Gasteiger partial charge >= 0.3 is 6.61 Å². The third-order valence-corrected chi connectivity index (χ3v) is 5.86. The van der Waals surface area contributed by atoms with Crippen LogP contribution in [0, 0.1) is 17.3 Å². The number of halogens is 2. The molecule has 4 saturated carbocycles. The Morgan fingerprint density at radius 1 is 1.21 bits per heavy atom. The highest BCUT2D eigenvalue weighted by Gasteiger charge is 2.60. The van der Waals surface area contributed by atoms with Crippen LogP contribution in [-0.4, -0.2) is 23.2 Å². The number of ether oxygens (including phenoxy) is 1. The SMILES string of the molecule is O=C(Nc1ccccc1OC(F)F)C12CC3CC(CC(O)(C3)C1)C2. The summed E-state index contributed by atoms with van der Waals surface area (Å²) in [5, 5.41) is 13.5. The number of benzene rings is 1. The van der Waals surface area contributed by atoms with E-state index >= 15 is 0 Å². The maximum atomic E-state index is 13.0. The number of alkyl halides is 2. The second kappa shape index (κ2) is 5.41. The third-order valence-electron chi connectivity index (χ3n) is 5.86. The maximum absolute atomic E-state index is 13.0. The summed E-state index contributed by atoms with van der Waals surface area (Å²) in [4.78, 5) is 13.0. The van der Waals surface area contributed by atoms with Gasteiger partial charge in [0.05, 0.1) is 16.7 Å². The molecule has 2 atom stereocenters. The van der Waals surface area contributed by atoms with E-state index in [1.807, 2.05) is 0 Å². The number of para-hydroxylation sites is 2. The molecular weight excluding hydrogens is 316 g/mol. The highest BCUT2D eigenvalue weighted by Crippen LogP contribution is 2.61. The van der Waals surface area contributed by atoms with Crippen molar-refractivity contribution in [1.29, 1.82) is 0 Å². The van der Waals surface area contributed by atoms with Crippen molar-refractivity contribution in [2.45, 2.75) is 50.7 Å². The minimum atomic E-state index is -2.94. The van der Waals surface area contributed by atoms with Crippen LogP contribution in [0.25, 0.3) is 0 Å². The summed E-state index contributed by atoms with van der Waals surface area (Å²) in [5.41, 5.74) is -1.07. The fourth-order valence-electron chi connectivity index (χ4n) is 5.50. The van der Waals surface area contributed by atoms with Crippen LogP contribution in [-0.2, 0) is 4.79 Å². The molecule has 4 nitrogen and oxygen atoms in total. The van der Waals surface area contributed by atoms with Crippen molar-refractivity contribution in [2.24, 2.45) is 17.3 Å². The van der Waals surface area contributed by atoms with Gasteiger partial charge in [0.1, 0.15) is 5.75 Å². The first-order valence-corrected chi connectivity index (χ1v) is 8.45. The van der Waals surface area contributed by atoms with Gasteiger partial charge in [-0.2, -0.15) is 8.78 Å². The van der Waals surface area contributed by atoms with Crippen LogP contribution >= 0.6 is 0 Å². The van der Waals surface area contributed by atoms with Crippen LogP contribution in [0.3, 0.4) is 0 Å². The van der Waals surface area contributed by atoms with E-state index in [9.17, 15) is 18.7 Å². The second-order valence-electron chi connectivity index (χ2n) is 7.79. The van der Waals surface area contributed by atoms with Crippen LogP contribution in [0.4, 0.5) is 14.5 Å². The summed E-state index contributed by atoms with van der Waals surface area (Å²) < 4.78 is 29.6. The van der Waals surface area contributed by atoms with Gasteiger partial charge in [0.2, 0.25) is 5.91 Å². The van der Waals surface area contributed by atoms with E-state index in [2.05, 4.69) is 10.1 Å². The van der Waals surface area contributed by atoms with Crippen molar-refractivity contribution < 1.29 is 23.4 Å². The zero-order chi connectivity index (χ0) is 16.9. The predicted octanol–water partition coefficient (Wildman–Crippen LogP) is 3.56. The summed E-state index contributed by atoms with van der Waals surface area (Å²) in [6, 6.07) is 6.22. The second-order valence-corrected chi connectivity index (χ2v) is 7.79. The Kier molecular flexibility index (Phi) is 3.56. The number of hydrogen-bond donors (Lipinski definition) is 2. The molecule has 6 heteroatoms. The largest absolute Gasteiger partial charge is 0.433 e. The van der Waals surface area contributed by atoms with E-state index in [-0.39, 0.29) is 17.3 Å². The molecule has 4 aliphatic carbocycles. The average Bonchev–Trinajstić information content (AvgIpc) is 2.46. The van der Waals surface area contributed by atoms with Gasteiger partial charge in [-0.3, -0.25) is 4.79 Å². The van der Waals surface area contributed by atoms with E-state index in [0.717, 1.165) is 32.1 Å². The Labute approximate surface area is 139 Å². The zero-order valence-electron chi connectivity index (χ0n) is 13.3. The summed E-state index contributed by atoms with van der Waals surface area (Å²) >= 11 is 0. The van der Waals surface area contributed by atoms with Crippen LogP contribution < -0.4 is 10.1 Å². The van der Waals surface area contributed by atoms with Crippen molar-refractivity contribution in [3.8, 4) is 5.75 Å². The van der Waals surface area contributed by atoms with Crippen LogP contribution in [0.2, 0.25) is 0 Å². The molecule has 5 rings (SSSR count). The highest BCUT2D eigenvalue weighted by molar-refractivity contribution is 5.97. The standard InChI is InChI=1S/C18H21F2NO3/c19-16(20)24-14-4-2-1-3-13(14)21-15(22)17-6-11-5-12(7-17)9-18(23,8-11)10-17/h1-4,11-12,16,23H,5-10H2,(H,21,22). The fourth-order valence-corrected chi connectivity index (χ4v) is 5.50. The lowest BCUT2D eigenvalue weighted by Gasteiger charge is -2.59. The summed E-state index contributed by atoms with van der Waals surface area (Å²) in [6.07, 6.45) is 4.66. The van der Waals surface area contributed by atoms with Gasteiger partial charge in [-0.1, -0.05) is 12.1 Å². The molecule has 0 aromatic heterocycles. The highest BCUT2D eigenvalue weighted by atomic mass is 19.3. The van der Waals surface area contributed by atoms with E-state index in [4.69, 9.17) is 0 Å². The quantitative estimate of drug-likeness (QED) is 0.883. The van der Waals surface area contributed by atoms with Crippen LogP contribution in [0.5, 0.6) is 5.75 Å². The number of carbonyl (C=O) groups excluding carboxylic acids is 1. The Balaban J connectivity index is 1.57. The maximum Gasteiger partial charge on any atom is 0.387 e. The number of carbonyl (C=O) groups is 1. The normalized spacial score (nSPS) is 36.8. The zero-order valence-corrected chi connectivity index (χ0v) is 13.3.